The summed E-state index contributed by atoms with van der Waals surface area (Å²) in [5.74, 6) is -0.343. The second kappa shape index (κ2) is 7.76. The van der Waals surface area contributed by atoms with Gasteiger partial charge in [0.25, 0.3) is 5.91 Å². The molecule has 1 aliphatic rings. The van der Waals surface area contributed by atoms with Gasteiger partial charge in [-0.05, 0) is 50.2 Å². The van der Waals surface area contributed by atoms with E-state index in [1.165, 1.54) is 0 Å². The highest BCUT2D eigenvalue weighted by atomic mass is 31.2. The molecule has 4 rings (SSSR count). The van der Waals surface area contributed by atoms with Gasteiger partial charge in [0.15, 0.2) is 0 Å². The van der Waals surface area contributed by atoms with Gasteiger partial charge in [0, 0.05) is 30.0 Å². The number of carbonyl (C=O) groups is 1. The third kappa shape index (κ3) is 3.79. The van der Waals surface area contributed by atoms with Crippen molar-refractivity contribution in [3.8, 4) is 0 Å². The van der Waals surface area contributed by atoms with Gasteiger partial charge in [0.2, 0.25) is 0 Å². The molecule has 5 nitrogen and oxygen atoms in total. The zero-order chi connectivity index (χ0) is 20.4. The molecule has 0 atom stereocenters. The molecule has 1 aliphatic heterocycles. The fraction of sp³-hybridized carbons (Fsp3) is 0.174. The van der Waals surface area contributed by atoms with Crippen LogP contribution < -0.4 is 14.4 Å². The van der Waals surface area contributed by atoms with E-state index in [9.17, 15) is 9.36 Å². The molecular formula is C23H24N3O2P. The molecule has 3 aromatic carbocycles. The Morgan fingerprint density at radius 1 is 0.759 bits per heavy atom. The lowest BCUT2D eigenvalue weighted by molar-refractivity contribution is 0.0980. The normalized spacial score (nSPS) is 15.4. The number of nitrogens with zero attached hydrogens (tertiary/aromatic N) is 2. The molecule has 0 aliphatic carbocycles. The summed E-state index contributed by atoms with van der Waals surface area (Å²) >= 11 is 0. The maximum Gasteiger partial charge on any atom is 0.360 e. The molecule has 3 aromatic rings. The molecule has 29 heavy (non-hydrogen) atoms. The summed E-state index contributed by atoms with van der Waals surface area (Å²) in [7, 11) is -3.42. The molecule has 0 aromatic heterocycles. The summed E-state index contributed by atoms with van der Waals surface area (Å²) < 4.78 is 18.0. The molecule has 6 heteroatoms. The van der Waals surface area contributed by atoms with Gasteiger partial charge >= 0.3 is 7.59 Å². The molecule has 1 fully saturated rings. The van der Waals surface area contributed by atoms with Crippen LogP contribution in [0.15, 0.2) is 78.9 Å². The Bertz CT molecular complexity index is 992. The van der Waals surface area contributed by atoms with Gasteiger partial charge in [0.05, 0.1) is 0 Å². The van der Waals surface area contributed by atoms with Gasteiger partial charge in [0.1, 0.15) is 0 Å². The standard InChI is InChI=1S/C23H24N3O2P/c1-18-8-12-21(13-9-18)25-16-17-26(22-14-10-19(2)11-15-22)29(25,28)24-23(27)20-6-4-3-5-7-20/h3-15H,16-17H2,1-2H3,(H,24,27,28). The highest BCUT2D eigenvalue weighted by Gasteiger charge is 2.45. The van der Waals surface area contributed by atoms with E-state index in [1.807, 2.05) is 77.8 Å². The Balaban J connectivity index is 1.74. The average molecular weight is 405 g/mol. The predicted octanol–water partition coefficient (Wildman–Crippen LogP) is 5.17. The van der Waals surface area contributed by atoms with Crippen LogP contribution in [-0.4, -0.2) is 19.0 Å². The maximum atomic E-state index is 14.4. The zero-order valence-electron chi connectivity index (χ0n) is 16.6. The number of benzene rings is 3. The van der Waals surface area contributed by atoms with Gasteiger partial charge < -0.3 is 0 Å². The summed E-state index contributed by atoms with van der Waals surface area (Å²) in [6.07, 6.45) is 0. The van der Waals surface area contributed by atoms with Crippen LogP contribution in [0.2, 0.25) is 0 Å². The number of hydrogen-bond acceptors (Lipinski definition) is 2. The van der Waals surface area contributed by atoms with Crippen molar-refractivity contribution in [2.75, 3.05) is 22.4 Å². The maximum absolute atomic E-state index is 14.4. The number of aryl methyl sites for hydroxylation is 2. The first kappa shape index (κ1) is 19.3. The molecule has 0 spiro atoms. The fourth-order valence-corrected chi connectivity index (χ4v) is 6.01. The molecular weight excluding hydrogens is 381 g/mol. The quantitative estimate of drug-likeness (QED) is 0.609. The van der Waals surface area contributed by atoms with E-state index in [1.54, 1.807) is 24.3 Å². The fourth-order valence-electron chi connectivity index (χ4n) is 3.50. The van der Waals surface area contributed by atoms with Crippen molar-refractivity contribution in [2.24, 2.45) is 0 Å². The van der Waals surface area contributed by atoms with Gasteiger partial charge in [-0.1, -0.05) is 53.6 Å². The molecule has 0 bridgehead atoms. The van der Waals surface area contributed by atoms with Crippen LogP contribution in [-0.2, 0) is 4.57 Å². The number of anilines is 2. The van der Waals surface area contributed by atoms with Gasteiger partial charge in [-0.15, -0.1) is 0 Å². The average Bonchev–Trinajstić information content (AvgIpc) is 3.06. The van der Waals surface area contributed by atoms with Crippen molar-refractivity contribution in [3.63, 3.8) is 0 Å². The van der Waals surface area contributed by atoms with Crippen LogP contribution in [0, 0.1) is 13.8 Å². The Labute approximate surface area is 171 Å². The summed E-state index contributed by atoms with van der Waals surface area (Å²) in [4.78, 5) is 12.9. The first-order valence-electron chi connectivity index (χ1n) is 9.64. The molecule has 1 N–H and O–H groups in total. The number of carbonyl (C=O) groups excluding carboxylic acids is 1. The molecule has 1 heterocycles. The monoisotopic (exact) mass is 405 g/mol. The molecule has 1 amide bonds. The van der Waals surface area contributed by atoms with Crippen LogP contribution in [0.1, 0.15) is 21.5 Å². The first-order valence-corrected chi connectivity index (χ1v) is 11.3. The molecule has 1 saturated heterocycles. The van der Waals surface area contributed by atoms with Crippen molar-refractivity contribution >= 4 is 24.9 Å². The van der Waals surface area contributed by atoms with Crippen molar-refractivity contribution in [2.45, 2.75) is 13.8 Å². The molecule has 0 saturated carbocycles. The third-order valence-electron chi connectivity index (χ3n) is 5.13. The number of nitrogens with one attached hydrogen (secondary N) is 1. The van der Waals surface area contributed by atoms with E-state index in [0.29, 0.717) is 18.7 Å². The van der Waals surface area contributed by atoms with E-state index >= 15 is 0 Å². The summed E-state index contributed by atoms with van der Waals surface area (Å²) in [6, 6.07) is 24.7. The van der Waals surface area contributed by atoms with Crippen LogP contribution in [0.5, 0.6) is 0 Å². The lowest BCUT2D eigenvalue weighted by Crippen LogP contribution is -2.33. The Morgan fingerprint density at radius 3 is 1.66 bits per heavy atom. The number of rotatable bonds is 4. The largest absolute Gasteiger partial charge is 0.360 e. The molecule has 0 radical (unpaired) electrons. The summed E-state index contributed by atoms with van der Waals surface area (Å²) in [5.41, 5.74) is 4.42. The van der Waals surface area contributed by atoms with Gasteiger partial charge in [-0.2, -0.15) is 0 Å². The van der Waals surface area contributed by atoms with E-state index in [0.717, 1.165) is 22.5 Å². The first-order chi connectivity index (χ1) is 14.0. The Morgan fingerprint density at radius 2 is 1.21 bits per heavy atom. The highest BCUT2D eigenvalue weighted by Crippen LogP contribution is 2.57. The van der Waals surface area contributed by atoms with Crippen molar-refractivity contribution < 1.29 is 9.36 Å². The molecule has 0 unspecified atom stereocenters. The minimum atomic E-state index is -3.42. The van der Waals surface area contributed by atoms with Gasteiger partial charge in [-0.3, -0.25) is 19.2 Å². The third-order valence-corrected chi connectivity index (χ3v) is 7.79. The topological polar surface area (TPSA) is 52.6 Å². The lowest BCUT2D eigenvalue weighted by Gasteiger charge is -2.32. The number of amides is 1. The predicted molar refractivity (Wildman–Crippen MR) is 119 cm³/mol. The zero-order valence-corrected chi connectivity index (χ0v) is 17.5. The Hall–Kier alpha value is -3.04. The van der Waals surface area contributed by atoms with Crippen LogP contribution in [0.4, 0.5) is 11.4 Å². The lowest BCUT2D eigenvalue weighted by atomic mass is 10.2. The smallest absolute Gasteiger partial charge is 0.289 e. The van der Waals surface area contributed by atoms with Crippen molar-refractivity contribution in [1.29, 1.82) is 0 Å². The van der Waals surface area contributed by atoms with Crippen LogP contribution >= 0.6 is 7.59 Å². The minimum Gasteiger partial charge on any atom is -0.289 e. The van der Waals surface area contributed by atoms with Crippen molar-refractivity contribution in [1.82, 2.24) is 5.09 Å². The summed E-state index contributed by atoms with van der Waals surface area (Å²) in [6.45, 7) is 5.15. The number of hydrogen-bond donors (Lipinski definition) is 1. The van der Waals surface area contributed by atoms with Gasteiger partial charge in [-0.25, -0.2) is 4.57 Å². The van der Waals surface area contributed by atoms with Crippen LogP contribution in [0.3, 0.4) is 0 Å². The van der Waals surface area contributed by atoms with E-state index < -0.39 is 7.59 Å². The molecule has 148 valence electrons. The SMILES string of the molecule is Cc1ccc(N2CCN(c3ccc(C)cc3)P2(=O)NC(=O)c2ccccc2)cc1. The van der Waals surface area contributed by atoms with E-state index in [2.05, 4.69) is 5.09 Å². The van der Waals surface area contributed by atoms with E-state index in [-0.39, 0.29) is 5.91 Å². The second-order valence-electron chi connectivity index (χ2n) is 7.27. The van der Waals surface area contributed by atoms with E-state index in [4.69, 9.17) is 0 Å². The van der Waals surface area contributed by atoms with Crippen molar-refractivity contribution in [3.05, 3.63) is 95.6 Å². The second-order valence-corrected chi connectivity index (χ2v) is 9.55. The summed E-state index contributed by atoms with van der Waals surface area (Å²) in [5, 5.41) is 2.87. The van der Waals surface area contributed by atoms with Crippen LogP contribution in [0.25, 0.3) is 0 Å². The highest BCUT2D eigenvalue weighted by molar-refractivity contribution is 7.66. The Kier molecular flexibility index (Phi) is 5.16. The minimum absolute atomic E-state index is 0.343.